The average molecular weight is 404 g/mol. The second kappa shape index (κ2) is 9.09. The zero-order chi connectivity index (χ0) is 19.9. The summed E-state index contributed by atoms with van der Waals surface area (Å²) in [6.07, 6.45) is 0.153. The Balaban J connectivity index is 1.52. The lowest BCUT2D eigenvalue weighted by Gasteiger charge is -2.21. The molecular weight excluding hydrogens is 386 g/mol. The van der Waals surface area contributed by atoms with Crippen LogP contribution >= 0.6 is 11.6 Å². The van der Waals surface area contributed by atoms with Crippen LogP contribution in [0, 0.1) is 0 Å². The standard InChI is InChI=1S/C19H18ClN3O5/c20-13-5-1-3-7-15(13)28-12-18(25)22-21-17(24)11-23-14-6-2-4-8-16(14)27-10-9-19(23)26/h1-8H,9-12H2,(H,21,24)(H,22,25). The van der Waals surface area contributed by atoms with E-state index in [0.29, 0.717) is 22.2 Å². The normalized spacial score (nSPS) is 13.0. The molecule has 3 amide bonds. The quantitative estimate of drug-likeness (QED) is 0.740. The first kappa shape index (κ1) is 19.5. The van der Waals surface area contributed by atoms with Gasteiger partial charge in [0.2, 0.25) is 5.91 Å². The Bertz CT molecular complexity index is 889. The molecule has 0 atom stereocenters. The second-order valence-corrected chi connectivity index (χ2v) is 6.27. The van der Waals surface area contributed by atoms with Crippen molar-refractivity contribution in [1.29, 1.82) is 0 Å². The van der Waals surface area contributed by atoms with Gasteiger partial charge in [-0.2, -0.15) is 0 Å². The fourth-order valence-electron chi connectivity index (χ4n) is 2.56. The molecule has 28 heavy (non-hydrogen) atoms. The third-order valence-corrected chi connectivity index (χ3v) is 4.18. The highest BCUT2D eigenvalue weighted by Crippen LogP contribution is 2.30. The minimum Gasteiger partial charge on any atom is -0.491 e. The number of ether oxygens (including phenoxy) is 2. The molecule has 1 aliphatic rings. The van der Waals surface area contributed by atoms with Crippen LogP contribution in [-0.4, -0.2) is 37.5 Å². The second-order valence-electron chi connectivity index (χ2n) is 5.86. The fraction of sp³-hybridized carbons (Fsp3) is 0.211. The molecule has 0 aliphatic carbocycles. The molecular formula is C19H18ClN3O5. The van der Waals surface area contributed by atoms with Crippen molar-refractivity contribution in [2.45, 2.75) is 6.42 Å². The molecule has 2 N–H and O–H groups in total. The third kappa shape index (κ3) is 4.92. The van der Waals surface area contributed by atoms with E-state index < -0.39 is 11.8 Å². The number of carbonyl (C=O) groups is 3. The molecule has 0 fully saturated rings. The molecule has 2 aromatic rings. The number of hydrazine groups is 1. The number of para-hydroxylation sites is 3. The molecule has 1 aliphatic heterocycles. The van der Waals surface area contributed by atoms with E-state index in [4.69, 9.17) is 21.1 Å². The molecule has 0 radical (unpaired) electrons. The van der Waals surface area contributed by atoms with Crippen LogP contribution in [0.5, 0.6) is 11.5 Å². The van der Waals surface area contributed by atoms with Crippen LogP contribution in [-0.2, 0) is 14.4 Å². The topological polar surface area (TPSA) is 97.0 Å². The minimum absolute atomic E-state index is 0.153. The van der Waals surface area contributed by atoms with E-state index in [1.807, 2.05) is 0 Å². The molecule has 0 aromatic heterocycles. The Kier molecular flexibility index (Phi) is 6.33. The molecule has 0 unspecified atom stereocenters. The summed E-state index contributed by atoms with van der Waals surface area (Å²) in [5.41, 5.74) is 5.01. The Morgan fingerprint density at radius 3 is 2.61 bits per heavy atom. The Morgan fingerprint density at radius 2 is 1.79 bits per heavy atom. The number of amides is 3. The Labute approximate surface area is 166 Å². The summed E-state index contributed by atoms with van der Waals surface area (Å²) < 4.78 is 10.8. The van der Waals surface area contributed by atoms with Crippen LogP contribution in [0.3, 0.4) is 0 Å². The summed E-state index contributed by atoms with van der Waals surface area (Å²) in [6, 6.07) is 13.7. The van der Waals surface area contributed by atoms with Crippen molar-refractivity contribution >= 4 is 35.0 Å². The van der Waals surface area contributed by atoms with E-state index in [9.17, 15) is 14.4 Å². The van der Waals surface area contributed by atoms with Gasteiger partial charge >= 0.3 is 0 Å². The molecule has 8 nitrogen and oxygen atoms in total. The first-order chi connectivity index (χ1) is 13.5. The third-order valence-electron chi connectivity index (χ3n) is 3.87. The van der Waals surface area contributed by atoms with Crippen LogP contribution in [0.4, 0.5) is 5.69 Å². The van der Waals surface area contributed by atoms with E-state index in [1.54, 1.807) is 48.5 Å². The highest BCUT2D eigenvalue weighted by atomic mass is 35.5. The summed E-state index contributed by atoms with van der Waals surface area (Å²) in [7, 11) is 0. The lowest BCUT2D eigenvalue weighted by molar-refractivity contribution is -0.129. The van der Waals surface area contributed by atoms with Gasteiger partial charge in [-0.1, -0.05) is 35.9 Å². The van der Waals surface area contributed by atoms with E-state index in [1.165, 1.54) is 4.90 Å². The van der Waals surface area contributed by atoms with Gasteiger partial charge in [0.1, 0.15) is 18.0 Å². The van der Waals surface area contributed by atoms with Gasteiger partial charge in [-0.05, 0) is 24.3 Å². The van der Waals surface area contributed by atoms with Crippen LogP contribution in [0.25, 0.3) is 0 Å². The summed E-state index contributed by atoms with van der Waals surface area (Å²) in [5, 5.41) is 0.375. The monoisotopic (exact) mass is 403 g/mol. The number of carbonyl (C=O) groups excluding carboxylic acids is 3. The molecule has 0 spiro atoms. The van der Waals surface area contributed by atoms with Gasteiger partial charge in [-0.25, -0.2) is 0 Å². The van der Waals surface area contributed by atoms with Crippen LogP contribution in [0.15, 0.2) is 48.5 Å². The molecule has 0 bridgehead atoms. The van der Waals surface area contributed by atoms with E-state index in [0.717, 1.165) is 0 Å². The van der Waals surface area contributed by atoms with Gasteiger partial charge in [-0.15, -0.1) is 0 Å². The molecule has 2 aromatic carbocycles. The van der Waals surface area contributed by atoms with Gasteiger partial charge in [0.15, 0.2) is 6.61 Å². The summed E-state index contributed by atoms with van der Waals surface area (Å²) in [4.78, 5) is 37.6. The fourth-order valence-corrected chi connectivity index (χ4v) is 2.75. The Morgan fingerprint density at radius 1 is 1.07 bits per heavy atom. The number of halogens is 1. The molecule has 9 heteroatoms. The maximum Gasteiger partial charge on any atom is 0.276 e. The number of nitrogens with one attached hydrogen (secondary N) is 2. The van der Waals surface area contributed by atoms with Crippen molar-refractivity contribution in [2.24, 2.45) is 0 Å². The molecule has 0 saturated carbocycles. The average Bonchev–Trinajstić information content (AvgIpc) is 2.85. The van der Waals surface area contributed by atoms with Gasteiger partial charge in [-0.3, -0.25) is 30.1 Å². The number of benzene rings is 2. The number of hydrogen-bond acceptors (Lipinski definition) is 5. The minimum atomic E-state index is -0.570. The van der Waals surface area contributed by atoms with Crippen molar-refractivity contribution in [3.8, 4) is 11.5 Å². The lowest BCUT2D eigenvalue weighted by atomic mass is 10.2. The van der Waals surface area contributed by atoms with Crippen molar-refractivity contribution in [3.05, 3.63) is 53.6 Å². The van der Waals surface area contributed by atoms with Gasteiger partial charge in [0.05, 0.1) is 23.7 Å². The SMILES string of the molecule is O=C(COc1ccccc1Cl)NNC(=O)CN1C(=O)CCOc2ccccc21. The maximum atomic E-state index is 12.3. The highest BCUT2D eigenvalue weighted by Gasteiger charge is 2.25. The van der Waals surface area contributed by atoms with Crippen molar-refractivity contribution in [3.63, 3.8) is 0 Å². The first-order valence-electron chi connectivity index (χ1n) is 8.52. The van der Waals surface area contributed by atoms with Gasteiger partial charge in [0.25, 0.3) is 11.8 Å². The van der Waals surface area contributed by atoms with Crippen molar-refractivity contribution < 1.29 is 23.9 Å². The molecule has 0 saturated heterocycles. The maximum absolute atomic E-state index is 12.3. The summed E-state index contributed by atoms with van der Waals surface area (Å²) >= 11 is 5.94. The smallest absolute Gasteiger partial charge is 0.276 e. The van der Waals surface area contributed by atoms with E-state index >= 15 is 0 Å². The van der Waals surface area contributed by atoms with Gasteiger partial charge < -0.3 is 9.47 Å². The zero-order valence-electron chi connectivity index (χ0n) is 14.8. The number of hydrogen-bond donors (Lipinski definition) is 2. The predicted molar refractivity (Wildman–Crippen MR) is 102 cm³/mol. The Hall–Kier alpha value is -3.26. The van der Waals surface area contributed by atoms with Gasteiger partial charge in [0, 0.05) is 0 Å². The van der Waals surface area contributed by atoms with Crippen LogP contribution in [0.1, 0.15) is 6.42 Å². The largest absolute Gasteiger partial charge is 0.491 e. The van der Waals surface area contributed by atoms with E-state index in [-0.39, 0.29) is 32.1 Å². The molecule has 3 rings (SSSR count). The summed E-state index contributed by atoms with van der Waals surface area (Å²) in [5.74, 6) is -0.487. The van der Waals surface area contributed by atoms with Crippen molar-refractivity contribution in [2.75, 3.05) is 24.7 Å². The first-order valence-corrected chi connectivity index (χ1v) is 8.89. The predicted octanol–water partition coefficient (Wildman–Crippen LogP) is 1.68. The van der Waals surface area contributed by atoms with E-state index in [2.05, 4.69) is 10.9 Å². The molecule has 146 valence electrons. The molecule has 1 heterocycles. The number of fused-ring (bicyclic) bond motifs is 1. The number of anilines is 1. The number of nitrogens with zero attached hydrogens (tertiary/aromatic N) is 1. The number of rotatable bonds is 5. The highest BCUT2D eigenvalue weighted by molar-refractivity contribution is 6.32. The lowest BCUT2D eigenvalue weighted by Crippen LogP contribution is -2.49. The van der Waals surface area contributed by atoms with Crippen LogP contribution < -0.4 is 25.2 Å². The van der Waals surface area contributed by atoms with Crippen LogP contribution in [0.2, 0.25) is 5.02 Å². The summed E-state index contributed by atoms with van der Waals surface area (Å²) in [6.45, 7) is -0.349. The zero-order valence-corrected chi connectivity index (χ0v) is 15.6. The van der Waals surface area contributed by atoms with Crippen molar-refractivity contribution in [1.82, 2.24) is 10.9 Å².